The quantitative estimate of drug-likeness (QED) is 0.721. The number of nitrogens with one attached hydrogen (secondary N) is 2. The second-order valence-corrected chi connectivity index (χ2v) is 4.95. The molecular formula is C10H9ClN6S. The monoisotopic (exact) mass is 280 g/mol. The number of H-pyrrole nitrogens is 1. The number of thiophene rings is 1. The van der Waals surface area contributed by atoms with Crippen molar-refractivity contribution in [3.63, 3.8) is 0 Å². The summed E-state index contributed by atoms with van der Waals surface area (Å²) in [5.41, 5.74) is 0. The Morgan fingerprint density at radius 3 is 3.11 bits per heavy atom. The Morgan fingerprint density at radius 1 is 1.44 bits per heavy atom. The third kappa shape index (κ3) is 2.02. The third-order valence-electron chi connectivity index (χ3n) is 2.49. The van der Waals surface area contributed by atoms with Gasteiger partial charge in [0.1, 0.15) is 22.8 Å². The lowest BCUT2D eigenvalue weighted by Gasteiger charge is -2.12. The van der Waals surface area contributed by atoms with Crippen LogP contribution in [-0.4, -0.2) is 25.1 Å². The second-order valence-electron chi connectivity index (χ2n) is 3.72. The zero-order valence-electron chi connectivity index (χ0n) is 9.38. The molecular weight excluding hydrogens is 272 g/mol. The standard InChI is InChI=1S/C10H9ClN6S/c1-5(7-12-4-13-17-7)14-8-6-2-3-18-9(6)16-10(11)15-8/h2-5H,1H3,(H,12,13,17)(H,14,15,16). The van der Waals surface area contributed by atoms with Crippen molar-refractivity contribution in [2.75, 3.05) is 5.32 Å². The summed E-state index contributed by atoms with van der Waals surface area (Å²) in [6, 6.07) is 1.92. The average molecular weight is 281 g/mol. The molecule has 0 bridgehead atoms. The molecule has 0 aliphatic heterocycles. The Bertz CT molecular complexity index is 664. The molecule has 0 amide bonds. The summed E-state index contributed by atoms with van der Waals surface area (Å²) in [7, 11) is 0. The topological polar surface area (TPSA) is 79.4 Å². The molecule has 0 aliphatic rings. The van der Waals surface area contributed by atoms with Crippen molar-refractivity contribution < 1.29 is 0 Å². The molecule has 0 fully saturated rings. The minimum absolute atomic E-state index is 0.0402. The van der Waals surface area contributed by atoms with Crippen LogP contribution in [0.25, 0.3) is 10.2 Å². The molecule has 8 heteroatoms. The number of fused-ring (bicyclic) bond motifs is 1. The normalized spacial score (nSPS) is 12.8. The van der Waals surface area contributed by atoms with Crippen LogP contribution in [0.3, 0.4) is 0 Å². The van der Waals surface area contributed by atoms with Crippen LogP contribution in [0.4, 0.5) is 5.82 Å². The predicted octanol–water partition coefficient (Wildman–Crippen LogP) is 2.64. The van der Waals surface area contributed by atoms with Gasteiger partial charge in [0.15, 0.2) is 0 Å². The Kier molecular flexibility index (Phi) is 2.85. The molecule has 1 atom stereocenters. The van der Waals surface area contributed by atoms with Crippen LogP contribution >= 0.6 is 22.9 Å². The number of anilines is 1. The molecule has 0 spiro atoms. The van der Waals surface area contributed by atoms with E-state index in [9.17, 15) is 0 Å². The van der Waals surface area contributed by atoms with Gasteiger partial charge in [0.05, 0.1) is 11.4 Å². The van der Waals surface area contributed by atoms with E-state index in [1.807, 2.05) is 18.4 Å². The molecule has 0 aromatic carbocycles. The van der Waals surface area contributed by atoms with E-state index in [0.717, 1.165) is 16.0 Å². The highest BCUT2D eigenvalue weighted by molar-refractivity contribution is 7.16. The highest BCUT2D eigenvalue weighted by Crippen LogP contribution is 2.28. The Balaban J connectivity index is 1.97. The van der Waals surface area contributed by atoms with Crippen molar-refractivity contribution >= 4 is 39.0 Å². The summed E-state index contributed by atoms with van der Waals surface area (Å²) in [4.78, 5) is 13.3. The summed E-state index contributed by atoms with van der Waals surface area (Å²) >= 11 is 7.43. The second kappa shape index (κ2) is 4.51. The zero-order valence-corrected chi connectivity index (χ0v) is 11.0. The summed E-state index contributed by atoms with van der Waals surface area (Å²) in [6.07, 6.45) is 1.47. The first-order valence-corrected chi connectivity index (χ1v) is 6.52. The minimum atomic E-state index is -0.0402. The van der Waals surface area contributed by atoms with Crippen molar-refractivity contribution in [2.45, 2.75) is 13.0 Å². The third-order valence-corrected chi connectivity index (χ3v) is 3.47. The van der Waals surface area contributed by atoms with Gasteiger partial charge in [0.2, 0.25) is 5.28 Å². The molecule has 18 heavy (non-hydrogen) atoms. The first kappa shape index (κ1) is 11.4. The van der Waals surface area contributed by atoms with Gasteiger partial charge in [-0.2, -0.15) is 5.10 Å². The number of hydrogen-bond donors (Lipinski definition) is 2. The highest BCUT2D eigenvalue weighted by atomic mass is 35.5. The zero-order chi connectivity index (χ0) is 12.5. The Labute approximate surface area is 111 Å². The van der Waals surface area contributed by atoms with Gasteiger partial charge in [-0.25, -0.2) is 15.0 Å². The molecule has 92 valence electrons. The van der Waals surface area contributed by atoms with E-state index in [1.54, 1.807) is 0 Å². The van der Waals surface area contributed by atoms with Crippen molar-refractivity contribution in [1.82, 2.24) is 25.1 Å². The summed E-state index contributed by atoms with van der Waals surface area (Å²) < 4.78 is 0. The maximum Gasteiger partial charge on any atom is 0.225 e. The Hall–Kier alpha value is -1.73. The molecule has 0 radical (unpaired) electrons. The molecule has 3 heterocycles. The number of nitrogens with zero attached hydrogens (tertiary/aromatic N) is 4. The van der Waals surface area contributed by atoms with Crippen LogP contribution in [0.15, 0.2) is 17.8 Å². The van der Waals surface area contributed by atoms with E-state index in [2.05, 4.69) is 30.5 Å². The van der Waals surface area contributed by atoms with E-state index in [0.29, 0.717) is 5.82 Å². The maximum absolute atomic E-state index is 5.90. The van der Waals surface area contributed by atoms with Gasteiger partial charge < -0.3 is 5.32 Å². The van der Waals surface area contributed by atoms with E-state index in [1.165, 1.54) is 17.7 Å². The van der Waals surface area contributed by atoms with Crippen LogP contribution in [0, 0.1) is 0 Å². The molecule has 0 saturated heterocycles. The molecule has 3 aromatic rings. The Morgan fingerprint density at radius 2 is 2.33 bits per heavy atom. The van der Waals surface area contributed by atoms with E-state index >= 15 is 0 Å². The van der Waals surface area contributed by atoms with Gasteiger partial charge in [-0.3, -0.25) is 5.10 Å². The largest absolute Gasteiger partial charge is 0.360 e. The fourth-order valence-corrected chi connectivity index (χ4v) is 2.62. The van der Waals surface area contributed by atoms with Gasteiger partial charge in [0, 0.05) is 0 Å². The van der Waals surface area contributed by atoms with Gasteiger partial charge in [-0.05, 0) is 30.0 Å². The molecule has 1 unspecified atom stereocenters. The predicted molar refractivity (Wildman–Crippen MR) is 70.8 cm³/mol. The molecule has 6 nitrogen and oxygen atoms in total. The number of aromatic nitrogens is 5. The molecule has 3 aromatic heterocycles. The fraction of sp³-hybridized carbons (Fsp3) is 0.200. The molecule has 2 N–H and O–H groups in total. The summed E-state index contributed by atoms with van der Waals surface area (Å²) in [5.74, 6) is 1.45. The van der Waals surface area contributed by atoms with Gasteiger partial charge in [-0.15, -0.1) is 11.3 Å². The number of hydrogen-bond acceptors (Lipinski definition) is 6. The minimum Gasteiger partial charge on any atom is -0.360 e. The van der Waals surface area contributed by atoms with Crippen LogP contribution in [0.2, 0.25) is 5.28 Å². The first-order chi connectivity index (χ1) is 8.74. The smallest absolute Gasteiger partial charge is 0.225 e. The molecule has 0 aliphatic carbocycles. The van der Waals surface area contributed by atoms with Crippen molar-refractivity contribution in [3.05, 3.63) is 28.9 Å². The van der Waals surface area contributed by atoms with E-state index in [-0.39, 0.29) is 11.3 Å². The number of halogens is 1. The van der Waals surface area contributed by atoms with E-state index in [4.69, 9.17) is 11.6 Å². The van der Waals surface area contributed by atoms with Crippen LogP contribution < -0.4 is 5.32 Å². The first-order valence-electron chi connectivity index (χ1n) is 5.26. The van der Waals surface area contributed by atoms with Gasteiger partial charge >= 0.3 is 0 Å². The lowest BCUT2D eigenvalue weighted by Crippen LogP contribution is -2.10. The lowest BCUT2D eigenvalue weighted by atomic mass is 10.3. The van der Waals surface area contributed by atoms with Crippen LogP contribution in [0.5, 0.6) is 0 Å². The SMILES string of the molecule is CC(Nc1nc(Cl)nc2sccc12)c1ncn[nH]1. The van der Waals surface area contributed by atoms with Gasteiger partial charge in [0.25, 0.3) is 0 Å². The highest BCUT2D eigenvalue weighted by Gasteiger charge is 2.13. The number of rotatable bonds is 3. The van der Waals surface area contributed by atoms with Gasteiger partial charge in [-0.1, -0.05) is 0 Å². The summed E-state index contributed by atoms with van der Waals surface area (Å²) in [5, 5.41) is 13.0. The van der Waals surface area contributed by atoms with Crippen molar-refractivity contribution in [1.29, 1.82) is 0 Å². The maximum atomic E-state index is 5.90. The van der Waals surface area contributed by atoms with Crippen LogP contribution in [0.1, 0.15) is 18.8 Å². The summed E-state index contributed by atoms with van der Waals surface area (Å²) in [6.45, 7) is 1.97. The van der Waals surface area contributed by atoms with E-state index < -0.39 is 0 Å². The van der Waals surface area contributed by atoms with Crippen LogP contribution in [-0.2, 0) is 0 Å². The molecule has 3 rings (SSSR count). The fourth-order valence-electron chi connectivity index (χ4n) is 1.64. The number of aromatic amines is 1. The molecule has 0 saturated carbocycles. The average Bonchev–Trinajstić information content (AvgIpc) is 2.98. The van der Waals surface area contributed by atoms with Crippen molar-refractivity contribution in [3.8, 4) is 0 Å². The lowest BCUT2D eigenvalue weighted by molar-refractivity contribution is 0.791. The van der Waals surface area contributed by atoms with Crippen molar-refractivity contribution in [2.24, 2.45) is 0 Å².